The molecular weight excluding hydrogens is 248 g/mol. The number of likely N-dealkylation sites (tertiary alicyclic amines) is 1. The molecule has 0 aliphatic carbocycles. The maximum Gasteiger partial charge on any atom is 0.159 e. The number of halogens is 2. The van der Waals surface area contributed by atoms with Gasteiger partial charge in [-0.15, -0.1) is 0 Å². The molecule has 0 bridgehead atoms. The van der Waals surface area contributed by atoms with Crippen molar-refractivity contribution in [2.24, 2.45) is 0 Å². The average molecular weight is 269 g/mol. The highest BCUT2D eigenvalue weighted by molar-refractivity contribution is 5.17. The Labute approximate surface area is 113 Å². The number of rotatable bonds is 4. The molecule has 2 unspecified atom stereocenters. The fourth-order valence-corrected chi connectivity index (χ4v) is 2.80. The number of piperidine rings is 1. The summed E-state index contributed by atoms with van der Waals surface area (Å²) < 4.78 is 26.1. The molecule has 1 fully saturated rings. The van der Waals surface area contributed by atoms with Gasteiger partial charge >= 0.3 is 0 Å². The number of aliphatic hydroxyl groups excluding tert-OH is 1. The number of hydrogen-bond acceptors (Lipinski definition) is 2. The maximum atomic E-state index is 13.2. The van der Waals surface area contributed by atoms with Crippen LogP contribution in [0.1, 0.15) is 38.2 Å². The van der Waals surface area contributed by atoms with Gasteiger partial charge in [0.2, 0.25) is 0 Å². The van der Waals surface area contributed by atoms with Crippen LogP contribution in [-0.4, -0.2) is 28.7 Å². The summed E-state index contributed by atoms with van der Waals surface area (Å²) in [6.45, 7) is 3.37. The maximum absolute atomic E-state index is 13.2. The Morgan fingerprint density at radius 1 is 1.32 bits per heavy atom. The first-order valence-corrected chi connectivity index (χ1v) is 6.92. The molecule has 1 saturated heterocycles. The molecule has 1 aliphatic rings. The number of hydrogen-bond donors (Lipinski definition) is 1. The third-order valence-electron chi connectivity index (χ3n) is 3.73. The van der Waals surface area contributed by atoms with Gasteiger partial charge in [-0.2, -0.15) is 0 Å². The fourth-order valence-electron chi connectivity index (χ4n) is 2.80. The van der Waals surface area contributed by atoms with Gasteiger partial charge < -0.3 is 5.11 Å². The van der Waals surface area contributed by atoms with Crippen LogP contribution in [0.3, 0.4) is 0 Å². The van der Waals surface area contributed by atoms with E-state index in [0.29, 0.717) is 12.6 Å². The Morgan fingerprint density at radius 3 is 2.79 bits per heavy atom. The van der Waals surface area contributed by atoms with Gasteiger partial charge in [0.15, 0.2) is 11.6 Å². The minimum atomic E-state index is -0.803. The first-order valence-electron chi connectivity index (χ1n) is 6.92. The minimum Gasteiger partial charge on any atom is -0.393 e. The van der Waals surface area contributed by atoms with E-state index in [-0.39, 0.29) is 6.10 Å². The van der Waals surface area contributed by atoms with E-state index in [0.717, 1.165) is 31.4 Å². The molecule has 0 aromatic heterocycles. The van der Waals surface area contributed by atoms with Gasteiger partial charge in [-0.3, -0.25) is 4.90 Å². The molecular formula is C15H21F2NO. The number of benzene rings is 1. The van der Waals surface area contributed by atoms with Crippen LogP contribution < -0.4 is 0 Å². The summed E-state index contributed by atoms with van der Waals surface area (Å²) >= 11 is 0. The fraction of sp³-hybridized carbons (Fsp3) is 0.600. The first-order chi connectivity index (χ1) is 9.06. The van der Waals surface area contributed by atoms with Gasteiger partial charge in [-0.05, 0) is 50.4 Å². The molecule has 2 atom stereocenters. The summed E-state index contributed by atoms with van der Waals surface area (Å²) in [6.07, 6.45) is 3.78. The zero-order valence-corrected chi connectivity index (χ0v) is 11.3. The van der Waals surface area contributed by atoms with Crippen molar-refractivity contribution in [3.8, 4) is 0 Å². The SMILES string of the molecule is CC(O)CC1CCCCN1Cc1ccc(F)c(F)c1. The van der Waals surface area contributed by atoms with Crippen LogP contribution in [0.2, 0.25) is 0 Å². The third kappa shape index (κ3) is 3.98. The molecule has 1 aliphatic heterocycles. The van der Waals surface area contributed by atoms with Crippen LogP contribution in [0, 0.1) is 11.6 Å². The molecule has 1 heterocycles. The van der Waals surface area contributed by atoms with Gasteiger partial charge in [0.25, 0.3) is 0 Å². The van der Waals surface area contributed by atoms with Crippen molar-refractivity contribution in [2.75, 3.05) is 6.54 Å². The molecule has 19 heavy (non-hydrogen) atoms. The number of nitrogens with zero attached hydrogens (tertiary/aromatic N) is 1. The molecule has 1 N–H and O–H groups in total. The standard InChI is InChI=1S/C15H21F2NO/c1-11(19)8-13-4-2-3-7-18(13)10-12-5-6-14(16)15(17)9-12/h5-6,9,11,13,19H,2-4,7-8,10H2,1H3. The van der Waals surface area contributed by atoms with Crippen molar-refractivity contribution < 1.29 is 13.9 Å². The van der Waals surface area contributed by atoms with E-state index in [1.165, 1.54) is 18.6 Å². The zero-order chi connectivity index (χ0) is 13.8. The second kappa shape index (κ2) is 6.44. The summed E-state index contributed by atoms with van der Waals surface area (Å²) in [5, 5.41) is 9.53. The minimum absolute atomic E-state index is 0.324. The molecule has 2 rings (SSSR count). The molecule has 0 spiro atoms. The largest absolute Gasteiger partial charge is 0.393 e. The smallest absolute Gasteiger partial charge is 0.159 e. The zero-order valence-electron chi connectivity index (χ0n) is 11.3. The van der Waals surface area contributed by atoms with Crippen LogP contribution in [-0.2, 0) is 6.54 Å². The quantitative estimate of drug-likeness (QED) is 0.908. The van der Waals surface area contributed by atoms with Gasteiger partial charge in [-0.1, -0.05) is 12.5 Å². The van der Waals surface area contributed by atoms with Crippen molar-refractivity contribution in [1.82, 2.24) is 4.90 Å². The topological polar surface area (TPSA) is 23.5 Å². The van der Waals surface area contributed by atoms with E-state index in [1.807, 2.05) is 0 Å². The highest BCUT2D eigenvalue weighted by Gasteiger charge is 2.23. The Bertz CT molecular complexity index is 423. The normalized spacial score (nSPS) is 22.4. The summed E-state index contributed by atoms with van der Waals surface area (Å²) in [4.78, 5) is 2.27. The van der Waals surface area contributed by atoms with Crippen molar-refractivity contribution in [1.29, 1.82) is 0 Å². The van der Waals surface area contributed by atoms with E-state index < -0.39 is 11.6 Å². The lowest BCUT2D eigenvalue weighted by Gasteiger charge is -2.36. The van der Waals surface area contributed by atoms with Crippen LogP contribution in [0.25, 0.3) is 0 Å². The van der Waals surface area contributed by atoms with E-state index in [2.05, 4.69) is 4.90 Å². The second-order valence-electron chi connectivity index (χ2n) is 5.45. The molecule has 2 nitrogen and oxygen atoms in total. The summed E-state index contributed by atoms with van der Waals surface area (Å²) in [5.41, 5.74) is 0.788. The third-order valence-corrected chi connectivity index (χ3v) is 3.73. The summed E-state index contributed by atoms with van der Waals surface area (Å²) in [7, 11) is 0. The van der Waals surface area contributed by atoms with E-state index >= 15 is 0 Å². The van der Waals surface area contributed by atoms with Crippen molar-refractivity contribution in [3.05, 3.63) is 35.4 Å². The van der Waals surface area contributed by atoms with E-state index in [4.69, 9.17) is 0 Å². The lowest BCUT2D eigenvalue weighted by atomic mass is 9.96. The monoisotopic (exact) mass is 269 g/mol. The highest BCUT2D eigenvalue weighted by Crippen LogP contribution is 2.23. The van der Waals surface area contributed by atoms with Crippen LogP contribution in [0.5, 0.6) is 0 Å². The van der Waals surface area contributed by atoms with Crippen molar-refractivity contribution in [3.63, 3.8) is 0 Å². The number of aliphatic hydroxyl groups is 1. The molecule has 0 saturated carbocycles. The highest BCUT2D eigenvalue weighted by atomic mass is 19.2. The Morgan fingerprint density at radius 2 is 2.11 bits per heavy atom. The lowest BCUT2D eigenvalue weighted by Crippen LogP contribution is -2.40. The summed E-state index contributed by atoms with van der Waals surface area (Å²) in [5.74, 6) is -1.59. The Kier molecular flexibility index (Phi) is 4.88. The Hall–Kier alpha value is -1.00. The molecule has 106 valence electrons. The molecule has 0 radical (unpaired) electrons. The van der Waals surface area contributed by atoms with Crippen LogP contribution in [0.15, 0.2) is 18.2 Å². The Balaban J connectivity index is 2.04. The molecule has 1 aromatic carbocycles. The van der Waals surface area contributed by atoms with Gasteiger partial charge in [-0.25, -0.2) is 8.78 Å². The molecule has 0 amide bonds. The lowest BCUT2D eigenvalue weighted by molar-refractivity contribution is 0.0817. The van der Waals surface area contributed by atoms with Gasteiger partial charge in [0.05, 0.1) is 6.10 Å². The van der Waals surface area contributed by atoms with Crippen molar-refractivity contribution in [2.45, 2.75) is 51.3 Å². The first kappa shape index (κ1) is 14.4. The molecule has 1 aromatic rings. The summed E-state index contributed by atoms with van der Waals surface area (Å²) in [6, 6.07) is 4.41. The molecule has 4 heteroatoms. The van der Waals surface area contributed by atoms with Crippen molar-refractivity contribution >= 4 is 0 Å². The predicted molar refractivity (Wildman–Crippen MR) is 70.7 cm³/mol. The average Bonchev–Trinajstić information content (AvgIpc) is 2.36. The van der Waals surface area contributed by atoms with Gasteiger partial charge in [0.1, 0.15) is 0 Å². The van der Waals surface area contributed by atoms with Gasteiger partial charge in [0, 0.05) is 12.6 Å². The predicted octanol–water partition coefficient (Wildman–Crippen LogP) is 3.09. The van der Waals surface area contributed by atoms with Crippen LogP contribution >= 0.6 is 0 Å². The second-order valence-corrected chi connectivity index (χ2v) is 5.45. The van der Waals surface area contributed by atoms with E-state index in [9.17, 15) is 13.9 Å². The van der Waals surface area contributed by atoms with Crippen LogP contribution in [0.4, 0.5) is 8.78 Å². The van der Waals surface area contributed by atoms with E-state index in [1.54, 1.807) is 13.0 Å².